The Hall–Kier alpha value is -3.25. The van der Waals surface area contributed by atoms with Gasteiger partial charge >= 0.3 is 5.97 Å². The second kappa shape index (κ2) is 23.1. The van der Waals surface area contributed by atoms with Crippen molar-refractivity contribution in [3.63, 3.8) is 0 Å². The number of nitrogens with one attached hydrogen (secondary N) is 5. The van der Waals surface area contributed by atoms with Crippen LogP contribution in [0.5, 0.6) is 0 Å². The first-order valence-corrected chi connectivity index (χ1v) is 17.3. The summed E-state index contributed by atoms with van der Waals surface area (Å²) in [6.07, 6.45) is 3.76. The van der Waals surface area contributed by atoms with Crippen LogP contribution in [0.2, 0.25) is 0 Å². The maximum absolute atomic E-state index is 13.3. The van der Waals surface area contributed by atoms with Crippen molar-refractivity contribution in [2.75, 3.05) is 30.9 Å². The van der Waals surface area contributed by atoms with Crippen LogP contribution in [0, 0.1) is 11.8 Å². The fourth-order valence-electron chi connectivity index (χ4n) is 4.03. The highest BCUT2D eigenvalue weighted by Gasteiger charge is 2.32. The van der Waals surface area contributed by atoms with E-state index in [4.69, 9.17) is 17.2 Å². The molecule has 0 saturated carbocycles. The van der Waals surface area contributed by atoms with E-state index in [1.807, 2.05) is 13.2 Å². The molecular weight excluding hydrogens is 638 g/mol. The number of nitrogens with zero attached hydrogens (tertiary/aromatic N) is 1. The van der Waals surface area contributed by atoms with E-state index in [0.29, 0.717) is 31.4 Å². The smallest absolute Gasteiger partial charge is 0.326 e. The quantitative estimate of drug-likeness (QED) is 0.0249. The summed E-state index contributed by atoms with van der Waals surface area (Å²) in [5.74, 6) is -4.77. The van der Waals surface area contributed by atoms with E-state index in [-0.39, 0.29) is 36.5 Å². The van der Waals surface area contributed by atoms with Crippen molar-refractivity contribution in [3.05, 3.63) is 0 Å². The number of carbonyl (C=O) groups is 6. The fraction of sp³-hybridized carbons (Fsp3) is 0.750. The van der Waals surface area contributed by atoms with Gasteiger partial charge in [0.15, 0.2) is 5.96 Å². The van der Waals surface area contributed by atoms with E-state index < -0.39 is 72.3 Å². The van der Waals surface area contributed by atoms with E-state index in [9.17, 15) is 33.9 Å². The summed E-state index contributed by atoms with van der Waals surface area (Å²) in [5, 5.41) is 22.1. The SMILES string of the molecule is CCC(C)C(NC(=O)CNC(=O)C(NC(=O)C(CS)NC(=O)C(CCCN=C(N)N)NC(=O)C(N)CCSC)C(C)CC)C(=O)O. The lowest BCUT2D eigenvalue weighted by Gasteiger charge is -2.27. The molecule has 0 saturated heterocycles. The number of aliphatic imine (C=N–C) groups is 1. The predicted molar refractivity (Wildman–Crippen MR) is 182 cm³/mol. The first-order valence-electron chi connectivity index (χ1n) is 15.2. The molecule has 0 rings (SSSR count). The van der Waals surface area contributed by atoms with Gasteiger partial charge in [0.1, 0.15) is 24.2 Å². The van der Waals surface area contributed by atoms with Gasteiger partial charge in [-0.05, 0) is 43.1 Å². The molecular formula is C28H53N9O7S2. The second-order valence-electron chi connectivity index (χ2n) is 11.0. The summed E-state index contributed by atoms with van der Waals surface area (Å²) in [6, 6.07) is -5.29. The topological polar surface area (TPSA) is 273 Å². The lowest BCUT2D eigenvalue weighted by Crippen LogP contribution is -2.59. The molecule has 0 aliphatic rings. The lowest BCUT2D eigenvalue weighted by molar-refractivity contribution is -0.143. The molecule has 0 radical (unpaired) electrons. The Kier molecular flexibility index (Phi) is 21.5. The van der Waals surface area contributed by atoms with Gasteiger partial charge in [-0.3, -0.25) is 29.0 Å². The number of carbonyl (C=O) groups excluding carboxylic acids is 5. The Labute approximate surface area is 280 Å². The highest BCUT2D eigenvalue weighted by molar-refractivity contribution is 7.98. The Morgan fingerprint density at radius 3 is 1.91 bits per heavy atom. The highest BCUT2D eigenvalue weighted by Crippen LogP contribution is 2.10. The van der Waals surface area contributed by atoms with Crippen molar-refractivity contribution >= 4 is 65.9 Å². The number of nitrogens with two attached hydrogens (primary N) is 3. The number of carboxylic acids is 1. The second-order valence-corrected chi connectivity index (χ2v) is 12.4. The molecule has 0 aromatic rings. The first kappa shape index (κ1) is 42.8. The van der Waals surface area contributed by atoms with Gasteiger partial charge in [-0.15, -0.1) is 0 Å². The van der Waals surface area contributed by atoms with Crippen LogP contribution in [0.4, 0.5) is 0 Å². The number of carboxylic acid groups (broad SMARTS) is 1. The van der Waals surface area contributed by atoms with Crippen LogP contribution in [0.15, 0.2) is 4.99 Å². The number of aliphatic carboxylic acids is 1. The largest absolute Gasteiger partial charge is 0.480 e. The van der Waals surface area contributed by atoms with Crippen LogP contribution in [0.1, 0.15) is 59.8 Å². The highest BCUT2D eigenvalue weighted by atomic mass is 32.2. The Morgan fingerprint density at radius 2 is 1.39 bits per heavy atom. The molecule has 0 bridgehead atoms. The average molecular weight is 692 g/mol. The van der Waals surface area contributed by atoms with Gasteiger partial charge in [0.05, 0.1) is 12.6 Å². The number of hydrogen-bond acceptors (Lipinski definition) is 10. The Morgan fingerprint density at radius 1 is 0.826 bits per heavy atom. The number of rotatable bonds is 23. The third-order valence-corrected chi connectivity index (χ3v) is 8.38. The third kappa shape index (κ3) is 16.4. The van der Waals surface area contributed by atoms with Gasteiger partial charge in [0, 0.05) is 12.3 Å². The standard InChI is InChI=1S/C28H53N9O7S2/c1-6-15(3)21(26(42)33-13-20(38)36-22(27(43)44)16(4)7-2)37-25(41)19(14-45)35-24(40)18(9-8-11-32-28(30)31)34-23(39)17(29)10-12-46-5/h15-19,21-22,45H,6-14,29H2,1-5H3,(H,33,42)(H,34,39)(H,35,40)(H,36,38)(H,37,41)(H,43,44)(H4,30,31,32). The zero-order valence-corrected chi connectivity index (χ0v) is 29.0. The maximum atomic E-state index is 13.3. The third-order valence-electron chi connectivity index (χ3n) is 7.38. The van der Waals surface area contributed by atoms with Gasteiger partial charge in [0.25, 0.3) is 0 Å². The van der Waals surface area contributed by atoms with Crippen molar-refractivity contribution in [2.24, 2.45) is 34.0 Å². The fourth-order valence-corrected chi connectivity index (χ4v) is 4.78. The van der Waals surface area contributed by atoms with Crippen LogP contribution >= 0.6 is 24.4 Å². The molecule has 0 aromatic heterocycles. The Bertz CT molecular complexity index is 1050. The molecule has 7 atom stereocenters. The van der Waals surface area contributed by atoms with Gasteiger partial charge in [-0.25, -0.2) is 4.79 Å². The zero-order chi connectivity index (χ0) is 35.4. The molecule has 0 aliphatic carbocycles. The molecule has 12 N–H and O–H groups in total. The molecule has 46 heavy (non-hydrogen) atoms. The van der Waals surface area contributed by atoms with Crippen molar-refractivity contribution < 1.29 is 33.9 Å². The summed E-state index contributed by atoms with van der Waals surface area (Å²) in [6.45, 7) is 6.72. The van der Waals surface area contributed by atoms with E-state index in [1.54, 1.807) is 20.8 Å². The van der Waals surface area contributed by atoms with Gasteiger partial charge in [-0.1, -0.05) is 40.5 Å². The monoisotopic (exact) mass is 691 g/mol. The van der Waals surface area contributed by atoms with Crippen molar-refractivity contribution in [3.8, 4) is 0 Å². The minimum absolute atomic E-state index is 0.119. The van der Waals surface area contributed by atoms with Gasteiger partial charge in [0.2, 0.25) is 29.5 Å². The number of thiol groups is 1. The molecule has 0 aliphatic heterocycles. The molecule has 0 spiro atoms. The molecule has 0 heterocycles. The Balaban J connectivity index is 5.61. The van der Waals surface area contributed by atoms with Crippen molar-refractivity contribution in [2.45, 2.75) is 90.0 Å². The molecule has 5 amide bonds. The van der Waals surface area contributed by atoms with E-state index in [0.717, 1.165) is 0 Å². The summed E-state index contributed by atoms with van der Waals surface area (Å²) >= 11 is 5.73. The van der Waals surface area contributed by atoms with Crippen LogP contribution in [0.25, 0.3) is 0 Å². The minimum Gasteiger partial charge on any atom is -0.480 e. The van der Waals surface area contributed by atoms with Crippen LogP contribution in [-0.4, -0.2) is 108 Å². The van der Waals surface area contributed by atoms with Crippen LogP contribution in [0.3, 0.4) is 0 Å². The van der Waals surface area contributed by atoms with Crippen LogP contribution in [-0.2, 0) is 28.8 Å². The number of hydrogen-bond donors (Lipinski definition) is 10. The lowest BCUT2D eigenvalue weighted by atomic mass is 9.97. The number of guanidine groups is 1. The van der Waals surface area contributed by atoms with E-state index in [1.165, 1.54) is 11.8 Å². The van der Waals surface area contributed by atoms with E-state index >= 15 is 0 Å². The maximum Gasteiger partial charge on any atom is 0.326 e. The van der Waals surface area contributed by atoms with Crippen molar-refractivity contribution in [1.82, 2.24) is 26.6 Å². The first-order chi connectivity index (χ1) is 21.6. The predicted octanol–water partition coefficient (Wildman–Crippen LogP) is -1.72. The summed E-state index contributed by atoms with van der Waals surface area (Å²) in [5.41, 5.74) is 16.7. The molecule has 18 heteroatoms. The molecule has 264 valence electrons. The summed E-state index contributed by atoms with van der Waals surface area (Å²) in [4.78, 5) is 80.1. The summed E-state index contributed by atoms with van der Waals surface area (Å²) in [7, 11) is 0. The molecule has 16 nitrogen and oxygen atoms in total. The zero-order valence-electron chi connectivity index (χ0n) is 27.3. The molecule has 0 fully saturated rings. The van der Waals surface area contributed by atoms with Crippen molar-refractivity contribution in [1.29, 1.82) is 0 Å². The molecule has 7 unspecified atom stereocenters. The molecule has 0 aromatic carbocycles. The van der Waals surface area contributed by atoms with E-state index in [2.05, 4.69) is 44.2 Å². The summed E-state index contributed by atoms with van der Waals surface area (Å²) < 4.78 is 0. The minimum atomic E-state index is -1.19. The number of thioether (sulfide) groups is 1. The van der Waals surface area contributed by atoms with Crippen LogP contribution < -0.4 is 43.8 Å². The average Bonchev–Trinajstić information content (AvgIpc) is 3.02. The van der Waals surface area contributed by atoms with Gasteiger partial charge in [-0.2, -0.15) is 24.4 Å². The van der Waals surface area contributed by atoms with Gasteiger partial charge < -0.3 is 48.9 Å². The normalized spacial score (nSPS) is 15.5. The number of amides is 5.